The maximum absolute atomic E-state index is 12.9. The predicted octanol–water partition coefficient (Wildman–Crippen LogP) is 6.33. The monoisotopic (exact) mass is 642 g/mol. The zero-order valence-corrected chi connectivity index (χ0v) is 29.9. The van der Waals surface area contributed by atoms with E-state index in [1.807, 2.05) is 39.0 Å². The summed E-state index contributed by atoms with van der Waals surface area (Å²) in [4.78, 5) is 45.4. The van der Waals surface area contributed by atoms with Crippen molar-refractivity contribution in [1.82, 2.24) is 19.9 Å². The van der Waals surface area contributed by atoms with E-state index in [-0.39, 0.29) is 49.5 Å². The average molecular weight is 644 g/mol. The first-order chi connectivity index (χ1) is 20.4. The summed E-state index contributed by atoms with van der Waals surface area (Å²) in [5, 5.41) is 11.7. The minimum Gasteiger partial charge on any atom is -0.657 e. The number of ketones is 1. The Labute approximate surface area is 270 Å². The zero-order valence-electron chi connectivity index (χ0n) is 26.9. The second-order valence-electron chi connectivity index (χ2n) is 12.4. The van der Waals surface area contributed by atoms with Crippen molar-refractivity contribution in [3.8, 4) is 0 Å². The van der Waals surface area contributed by atoms with Crippen molar-refractivity contribution in [3.63, 3.8) is 0 Å². The van der Waals surface area contributed by atoms with Gasteiger partial charge in [-0.1, -0.05) is 43.2 Å². The van der Waals surface area contributed by atoms with E-state index in [9.17, 15) is 14.7 Å². The molecule has 0 spiro atoms. The number of aliphatic hydroxyl groups is 1. The molecule has 224 valence electrons. The van der Waals surface area contributed by atoms with E-state index in [0.29, 0.717) is 29.4 Å². The topological polar surface area (TPSA) is 118 Å². The smallest absolute Gasteiger partial charge is 0.657 e. The van der Waals surface area contributed by atoms with Gasteiger partial charge in [0.05, 0.1) is 24.1 Å². The summed E-state index contributed by atoms with van der Waals surface area (Å²) >= 11 is 0. The molecule has 8 bridgehead atoms. The molecule has 0 saturated heterocycles. The van der Waals surface area contributed by atoms with Crippen LogP contribution in [0, 0.1) is 13.8 Å². The maximum atomic E-state index is 12.9. The van der Waals surface area contributed by atoms with Crippen molar-refractivity contribution < 1.29 is 38.9 Å². The number of esters is 1. The van der Waals surface area contributed by atoms with Gasteiger partial charge >= 0.3 is 25.4 Å². The molecule has 44 heavy (non-hydrogen) atoms. The van der Waals surface area contributed by atoms with Gasteiger partial charge < -0.3 is 19.8 Å². The molecule has 5 heterocycles. The summed E-state index contributed by atoms with van der Waals surface area (Å²) in [6, 6.07) is 5.90. The van der Waals surface area contributed by atoms with Gasteiger partial charge in [-0.3, -0.25) is 14.6 Å². The van der Waals surface area contributed by atoms with E-state index in [4.69, 9.17) is 24.7 Å². The molecule has 0 radical (unpaired) electrons. The van der Waals surface area contributed by atoms with Crippen LogP contribution in [0.1, 0.15) is 121 Å². The van der Waals surface area contributed by atoms with Crippen LogP contribution in [-0.4, -0.2) is 33.9 Å². The van der Waals surface area contributed by atoms with Crippen molar-refractivity contribution >= 4 is 45.0 Å². The molecule has 0 aromatic carbocycles. The summed E-state index contributed by atoms with van der Waals surface area (Å²) in [7, 11) is 1.40. The second-order valence-corrected chi connectivity index (χ2v) is 12.4. The number of nitrogens with zero attached hydrogens (tertiary/aromatic N) is 4. The molecule has 3 atom stereocenters. The van der Waals surface area contributed by atoms with E-state index >= 15 is 0 Å². The van der Waals surface area contributed by atoms with Crippen LogP contribution in [0.3, 0.4) is 0 Å². The molecular formula is C35H38N4O4Zn. The quantitative estimate of drug-likeness (QED) is 0.195. The Hall–Kier alpha value is -3.42. The van der Waals surface area contributed by atoms with E-state index in [0.717, 1.165) is 73.6 Å². The van der Waals surface area contributed by atoms with Crippen LogP contribution in [0.5, 0.6) is 0 Å². The molecule has 9 heteroatoms. The number of aryl methyl sites for hydroxylation is 2. The van der Waals surface area contributed by atoms with Gasteiger partial charge in [-0.15, -0.1) is 22.1 Å². The van der Waals surface area contributed by atoms with Crippen LogP contribution in [0.15, 0.2) is 18.2 Å². The van der Waals surface area contributed by atoms with Gasteiger partial charge in [0.2, 0.25) is 0 Å². The second kappa shape index (κ2) is 11.5. The van der Waals surface area contributed by atoms with Crippen LogP contribution in [0.2, 0.25) is 0 Å². The molecule has 0 unspecified atom stereocenters. The van der Waals surface area contributed by atoms with Gasteiger partial charge in [0.1, 0.15) is 0 Å². The van der Waals surface area contributed by atoms with Gasteiger partial charge in [-0.25, -0.2) is 4.98 Å². The fraction of sp³-hybridized carbons (Fsp3) is 0.429. The average Bonchev–Trinajstić information content (AvgIpc) is 3.68. The van der Waals surface area contributed by atoms with E-state index < -0.39 is 5.60 Å². The normalized spacial score (nSPS) is 20.6. The molecule has 1 aliphatic carbocycles. The van der Waals surface area contributed by atoms with E-state index in [2.05, 4.69) is 20.8 Å². The Balaban J connectivity index is 0.00000384. The number of fused-ring (bicyclic) bond motifs is 8. The number of carbonyl (C=O) groups excluding carboxylic acids is 2. The Kier molecular flexibility index (Phi) is 8.36. The fourth-order valence-electron chi connectivity index (χ4n) is 7.31. The SMILES string of the molecule is CCC1=C(C)c2cc3[n-]c(cc4nc(c5c6[n-]c(cc1n2)c(C)c6[C@](C)(O)C5)[C@@H](CCC(=O)OC)[C@@H]4C)c(C)c3C(C)=O.[Zn+2]. The number of rotatable bonds is 5. The summed E-state index contributed by atoms with van der Waals surface area (Å²) in [6.07, 6.45) is 1.98. The number of methoxy groups -OCH3 is 1. The number of ether oxygens (including phenoxy) is 1. The standard InChI is InChI=1S/C35H39N4O4.Zn/c1-9-21-16(2)24-14-29-31(20(6)40)18(4)26(37-29)12-25-17(3)22(10-11-30(41)43-8)33(38-25)23-15-35(7,42)32-19(5)27(39-34(23)32)13-28(21)36-24;/h12-14,17,22,42H,9-11,15H2,1-8H3,(H-,36,37,38,39,40);/q-1;+2/p-1/t17-,22-,35+;/m0./s1. The van der Waals surface area contributed by atoms with Crippen molar-refractivity contribution in [2.45, 2.75) is 91.6 Å². The minimum atomic E-state index is -1.11. The van der Waals surface area contributed by atoms with Crippen molar-refractivity contribution in [2.75, 3.05) is 7.11 Å². The Morgan fingerprint density at radius 2 is 1.73 bits per heavy atom. The van der Waals surface area contributed by atoms with Crippen molar-refractivity contribution in [1.29, 1.82) is 0 Å². The third-order valence-electron chi connectivity index (χ3n) is 9.62. The van der Waals surface area contributed by atoms with E-state index in [1.54, 1.807) is 6.92 Å². The van der Waals surface area contributed by atoms with Gasteiger partial charge in [-0.05, 0) is 69.7 Å². The van der Waals surface area contributed by atoms with Crippen molar-refractivity contribution in [3.05, 3.63) is 68.8 Å². The molecule has 1 N–H and O–H groups in total. The molecule has 6 rings (SSSR count). The molecular weight excluding hydrogens is 606 g/mol. The summed E-state index contributed by atoms with van der Waals surface area (Å²) in [6.45, 7) is 13.6. The third kappa shape index (κ3) is 4.98. The molecule has 3 aliphatic rings. The Morgan fingerprint density at radius 3 is 2.39 bits per heavy atom. The van der Waals surface area contributed by atoms with Gasteiger partial charge in [0.15, 0.2) is 5.78 Å². The summed E-state index contributed by atoms with van der Waals surface area (Å²) in [5.74, 6) is -0.431. The van der Waals surface area contributed by atoms with Crippen molar-refractivity contribution in [2.24, 2.45) is 0 Å². The Bertz CT molecular complexity index is 1910. The zero-order chi connectivity index (χ0) is 31.0. The molecule has 3 aromatic heterocycles. The molecule has 3 aromatic rings. The number of aromatic nitrogens is 4. The first-order valence-corrected chi connectivity index (χ1v) is 15.0. The number of Topliss-reactive ketones (excluding diaryl/α,β-unsaturated/α-hetero) is 1. The van der Waals surface area contributed by atoms with E-state index in [1.165, 1.54) is 7.11 Å². The predicted molar refractivity (Wildman–Crippen MR) is 167 cm³/mol. The number of hydrogen-bond acceptors (Lipinski definition) is 6. The van der Waals surface area contributed by atoms with Gasteiger partial charge in [0, 0.05) is 41.6 Å². The molecule has 0 fully saturated rings. The maximum Gasteiger partial charge on any atom is 2.00 e. The van der Waals surface area contributed by atoms with Crippen LogP contribution >= 0.6 is 0 Å². The Morgan fingerprint density at radius 1 is 1.05 bits per heavy atom. The third-order valence-corrected chi connectivity index (χ3v) is 9.62. The molecule has 0 saturated carbocycles. The summed E-state index contributed by atoms with van der Waals surface area (Å²) in [5.41, 5.74) is 11.2. The number of carbonyl (C=O) groups is 2. The fourth-order valence-corrected chi connectivity index (χ4v) is 7.31. The van der Waals surface area contributed by atoms with Crippen LogP contribution in [0.4, 0.5) is 0 Å². The molecule has 8 nitrogen and oxygen atoms in total. The van der Waals surface area contributed by atoms with Gasteiger partial charge in [0.25, 0.3) is 0 Å². The minimum absolute atomic E-state index is 0. The van der Waals surface area contributed by atoms with Crippen LogP contribution < -0.4 is 9.97 Å². The largest absolute Gasteiger partial charge is 2.00 e. The first kappa shape index (κ1) is 32.0. The van der Waals surface area contributed by atoms with Gasteiger partial charge in [-0.2, -0.15) is 0 Å². The molecule has 2 aliphatic heterocycles. The van der Waals surface area contributed by atoms with Crippen LogP contribution in [-0.2, 0) is 41.0 Å². The molecule has 0 amide bonds. The number of hydrogen-bond donors (Lipinski definition) is 1. The summed E-state index contributed by atoms with van der Waals surface area (Å²) < 4.78 is 4.97. The number of allylic oxidation sites excluding steroid dienone is 2. The first-order valence-electron chi connectivity index (χ1n) is 15.0. The van der Waals surface area contributed by atoms with Crippen LogP contribution in [0.25, 0.3) is 33.2 Å².